The molecule has 1 N–H and O–H groups in total. The van der Waals surface area contributed by atoms with E-state index < -0.39 is 0 Å². The lowest BCUT2D eigenvalue weighted by Gasteiger charge is -2.39. The Balaban J connectivity index is 1.77. The van der Waals surface area contributed by atoms with Crippen molar-refractivity contribution in [3.05, 3.63) is 59.7 Å². The molecule has 2 aliphatic heterocycles. The third kappa shape index (κ3) is 2.25. The average Bonchev–Trinajstić information content (AvgIpc) is 2.99. The fraction of sp³-hybridized carbons (Fsp3) is 0.316. The van der Waals surface area contributed by atoms with Crippen LogP contribution in [0.3, 0.4) is 0 Å². The molecular weight excluding hydrogens is 288 g/mol. The average molecular weight is 308 g/mol. The van der Waals surface area contributed by atoms with Gasteiger partial charge in [0.15, 0.2) is 6.23 Å². The predicted octanol–water partition coefficient (Wildman–Crippen LogP) is 3.92. The van der Waals surface area contributed by atoms with Gasteiger partial charge in [-0.1, -0.05) is 44.2 Å². The van der Waals surface area contributed by atoms with Gasteiger partial charge < -0.3 is 9.84 Å². The summed E-state index contributed by atoms with van der Waals surface area (Å²) in [5, 5.41) is 17.0. The highest BCUT2D eigenvalue weighted by molar-refractivity contribution is 6.04. The second-order valence-corrected chi connectivity index (χ2v) is 6.45. The molecule has 118 valence electrons. The Morgan fingerprint density at radius 3 is 2.65 bits per heavy atom. The summed E-state index contributed by atoms with van der Waals surface area (Å²) < 4.78 is 6.18. The lowest BCUT2D eigenvalue weighted by Crippen LogP contribution is -2.43. The minimum absolute atomic E-state index is 0.0849. The van der Waals surface area contributed by atoms with E-state index in [2.05, 4.69) is 24.9 Å². The molecule has 0 fully saturated rings. The molecule has 0 bridgehead atoms. The number of hydrazone groups is 1. The summed E-state index contributed by atoms with van der Waals surface area (Å²) in [6.45, 7) is 4.28. The zero-order valence-corrected chi connectivity index (χ0v) is 13.3. The Morgan fingerprint density at radius 1 is 1.13 bits per heavy atom. The van der Waals surface area contributed by atoms with Crippen molar-refractivity contribution in [2.24, 2.45) is 11.0 Å². The number of para-hydroxylation sites is 2. The van der Waals surface area contributed by atoms with Crippen molar-refractivity contribution in [3.63, 3.8) is 0 Å². The molecular formula is C19H20N2O2. The highest BCUT2D eigenvalue weighted by atomic mass is 16.5. The van der Waals surface area contributed by atoms with Crippen LogP contribution in [0.15, 0.2) is 53.6 Å². The van der Waals surface area contributed by atoms with Gasteiger partial charge in [-0.25, -0.2) is 5.01 Å². The van der Waals surface area contributed by atoms with Crippen LogP contribution >= 0.6 is 0 Å². The second kappa shape index (κ2) is 5.30. The van der Waals surface area contributed by atoms with Crippen molar-refractivity contribution in [1.82, 2.24) is 5.01 Å². The predicted molar refractivity (Wildman–Crippen MR) is 89.5 cm³/mol. The summed E-state index contributed by atoms with van der Waals surface area (Å²) in [4.78, 5) is 0. The molecule has 2 atom stereocenters. The van der Waals surface area contributed by atoms with Crippen molar-refractivity contribution >= 4 is 5.71 Å². The highest BCUT2D eigenvalue weighted by Crippen LogP contribution is 2.44. The first-order valence-corrected chi connectivity index (χ1v) is 8.05. The van der Waals surface area contributed by atoms with Gasteiger partial charge in [-0.3, -0.25) is 0 Å². The van der Waals surface area contributed by atoms with Gasteiger partial charge in [-0.15, -0.1) is 0 Å². The molecule has 2 aromatic rings. The summed E-state index contributed by atoms with van der Waals surface area (Å²) in [6.07, 6.45) is 0.694. The van der Waals surface area contributed by atoms with Crippen LogP contribution in [0.25, 0.3) is 0 Å². The lowest BCUT2D eigenvalue weighted by atomic mass is 9.95. The molecule has 23 heavy (non-hydrogen) atoms. The number of fused-ring (bicyclic) bond motifs is 3. The number of hydrogen-bond acceptors (Lipinski definition) is 4. The van der Waals surface area contributed by atoms with E-state index in [4.69, 9.17) is 9.84 Å². The number of phenolic OH excluding ortho intramolecular Hbond substituents is 1. The van der Waals surface area contributed by atoms with Gasteiger partial charge in [0.05, 0.1) is 11.8 Å². The maximum absolute atomic E-state index is 10.1. The zero-order valence-electron chi connectivity index (χ0n) is 13.3. The van der Waals surface area contributed by atoms with Crippen LogP contribution in [0.2, 0.25) is 0 Å². The Hall–Kier alpha value is -2.49. The quantitative estimate of drug-likeness (QED) is 0.914. The smallest absolute Gasteiger partial charge is 0.190 e. The van der Waals surface area contributed by atoms with E-state index in [1.54, 1.807) is 6.07 Å². The summed E-state index contributed by atoms with van der Waals surface area (Å²) in [5.41, 5.74) is 2.89. The fourth-order valence-corrected chi connectivity index (χ4v) is 3.38. The van der Waals surface area contributed by atoms with E-state index in [9.17, 15) is 5.11 Å². The van der Waals surface area contributed by atoms with Gasteiger partial charge in [0, 0.05) is 23.5 Å². The summed E-state index contributed by atoms with van der Waals surface area (Å²) in [7, 11) is 0. The van der Waals surface area contributed by atoms with Gasteiger partial charge >= 0.3 is 0 Å². The van der Waals surface area contributed by atoms with E-state index >= 15 is 0 Å². The molecule has 0 saturated carbocycles. The van der Waals surface area contributed by atoms with Crippen LogP contribution in [-0.2, 0) is 0 Å². The molecule has 0 unspecified atom stereocenters. The van der Waals surface area contributed by atoms with Crippen LogP contribution in [0, 0.1) is 5.92 Å². The molecule has 4 rings (SSSR count). The standard InChI is InChI=1S/C19H20N2O2/c1-12(2)19-21-16(14-8-4-6-10-18(14)23-19)11-15(20-21)13-7-3-5-9-17(13)22/h3-10,12,16,19,22H,11H2,1-2H3/t16-,19+/m0/s1. The van der Waals surface area contributed by atoms with Crippen LogP contribution < -0.4 is 4.74 Å². The fourth-order valence-electron chi connectivity index (χ4n) is 3.38. The monoisotopic (exact) mass is 308 g/mol. The van der Waals surface area contributed by atoms with Gasteiger partial charge in [0.25, 0.3) is 0 Å². The molecule has 4 heteroatoms. The Morgan fingerprint density at radius 2 is 1.87 bits per heavy atom. The van der Waals surface area contributed by atoms with Crippen LogP contribution in [0.1, 0.15) is 37.4 Å². The first kappa shape index (κ1) is 14.1. The van der Waals surface area contributed by atoms with Crippen LogP contribution in [0.5, 0.6) is 11.5 Å². The number of phenols is 1. The Labute approximate surface area is 136 Å². The first-order valence-electron chi connectivity index (χ1n) is 8.05. The number of hydrogen-bond donors (Lipinski definition) is 1. The summed E-state index contributed by atoms with van der Waals surface area (Å²) >= 11 is 0. The van der Waals surface area contributed by atoms with E-state index in [1.807, 2.05) is 36.4 Å². The third-order valence-corrected chi connectivity index (χ3v) is 4.51. The maximum Gasteiger partial charge on any atom is 0.190 e. The van der Waals surface area contributed by atoms with Gasteiger partial charge in [0.1, 0.15) is 11.5 Å². The minimum Gasteiger partial charge on any atom is -0.507 e. The van der Waals surface area contributed by atoms with E-state index in [1.165, 1.54) is 5.56 Å². The largest absolute Gasteiger partial charge is 0.507 e. The molecule has 4 nitrogen and oxygen atoms in total. The molecule has 0 saturated heterocycles. The van der Waals surface area contributed by atoms with Crippen molar-refractivity contribution in [3.8, 4) is 11.5 Å². The molecule has 0 aromatic heterocycles. The SMILES string of the molecule is CC(C)[C@H]1Oc2ccccc2[C@@H]2CC(c3ccccc3O)=NN12. The zero-order chi connectivity index (χ0) is 16.0. The van der Waals surface area contributed by atoms with Crippen molar-refractivity contribution in [2.45, 2.75) is 32.5 Å². The number of rotatable bonds is 2. The molecule has 0 aliphatic carbocycles. The second-order valence-electron chi connectivity index (χ2n) is 6.45. The van der Waals surface area contributed by atoms with Gasteiger partial charge in [0.2, 0.25) is 0 Å². The molecule has 2 aromatic carbocycles. The van der Waals surface area contributed by atoms with Crippen LogP contribution in [-0.4, -0.2) is 22.1 Å². The number of aromatic hydroxyl groups is 1. The molecule has 2 aliphatic rings. The number of ether oxygens (including phenoxy) is 1. The highest BCUT2D eigenvalue weighted by Gasteiger charge is 2.41. The normalized spacial score (nSPS) is 22.4. The minimum atomic E-state index is -0.0849. The van der Waals surface area contributed by atoms with E-state index in [0.29, 0.717) is 5.92 Å². The molecule has 0 spiro atoms. The van der Waals surface area contributed by atoms with Gasteiger partial charge in [-0.2, -0.15) is 5.10 Å². The molecule has 0 radical (unpaired) electrons. The summed E-state index contributed by atoms with van der Waals surface area (Å²) in [6, 6.07) is 15.7. The Bertz CT molecular complexity index is 769. The Kier molecular flexibility index (Phi) is 3.26. The van der Waals surface area contributed by atoms with Gasteiger partial charge in [-0.05, 0) is 18.2 Å². The van der Waals surface area contributed by atoms with Crippen molar-refractivity contribution in [2.75, 3.05) is 0 Å². The van der Waals surface area contributed by atoms with E-state index in [0.717, 1.165) is 23.4 Å². The molecule has 2 heterocycles. The van der Waals surface area contributed by atoms with E-state index in [-0.39, 0.29) is 18.0 Å². The first-order chi connectivity index (χ1) is 11.1. The third-order valence-electron chi connectivity index (χ3n) is 4.51. The summed E-state index contributed by atoms with van der Waals surface area (Å²) in [5.74, 6) is 1.54. The number of benzene rings is 2. The maximum atomic E-state index is 10.1. The molecule has 0 amide bonds. The van der Waals surface area contributed by atoms with Crippen molar-refractivity contribution in [1.29, 1.82) is 0 Å². The van der Waals surface area contributed by atoms with Crippen LogP contribution in [0.4, 0.5) is 0 Å². The number of nitrogens with zero attached hydrogens (tertiary/aromatic N) is 2. The topological polar surface area (TPSA) is 45.1 Å². The van der Waals surface area contributed by atoms with Crippen molar-refractivity contribution < 1.29 is 9.84 Å². The lowest BCUT2D eigenvalue weighted by molar-refractivity contribution is -0.0461.